The molecule has 0 fully saturated rings. The zero-order valence-electron chi connectivity index (χ0n) is 13.1. The Morgan fingerprint density at radius 2 is 2.24 bits per heavy atom. The lowest BCUT2D eigenvalue weighted by atomic mass is 9.81. The highest BCUT2D eigenvalue weighted by atomic mass is 32.2. The van der Waals surface area contributed by atoms with Crippen molar-refractivity contribution >= 4 is 17.7 Å². The highest BCUT2D eigenvalue weighted by Gasteiger charge is 2.30. The lowest BCUT2D eigenvalue weighted by Crippen LogP contribution is -2.43. The third kappa shape index (κ3) is 6.40. The molecule has 0 saturated heterocycles. The van der Waals surface area contributed by atoms with Gasteiger partial charge in [0.2, 0.25) is 5.91 Å². The summed E-state index contributed by atoms with van der Waals surface area (Å²) < 4.78 is 5.20. The molecule has 1 atom stereocenters. The van der Waals surface area contributed by atoms with Crippen LogP contribution < -0.4 is 5.32 Å². The molecule has 0 aromatic carbocycles. The van der Waals surface area contributed by atoms with Crippen LogP contribution >= 0.6 is 11.8 Å². The quantitative estimate of drug-likeness (QED) is 0.724. The number of furan rings is 1. The summed E-state index contributed by atoms with van der Waals surface area (Å²) in [5, 5.41) is 14.7. The normalized spacial score (nSPS) is 13.8. The zero-order valence-corrected chi connectivity index (χ0v) is 13.9. The van der Waals surface area contributed by atoms with Gasteiger partial charge >= 0.3 is 0 Å². The van der Waals surface area contributed by atoms with Crippen LogP contribution in [0.15, 0.2) is 34.3 Å². The van der Waals surface area contributed by atoms with Crippen LogP contribution in [0.1, 0.15) is 33.5 Å². The van der Waals surface area contributed by atoms with Crippen molar-refractivity contribution in [2.45, 2.75) is 39.6 Å². The summed E-state index contributed by atoms with van der Waals surface area (Å²) in [6, 6.07) is 3.74. The van der Waals surface area contributed by atoms with E-state index in [9.17, 15) is 9.90 Å². The van der Waals surface area contributed by atoms with E-state index in [0.717, 1.165) is 5.76 Å². The number of carbonyl (C=O) groups is 1. The number of hydrogen-bond donors (Lipinski definition) is 2. The highest BCUT2D eigenvalue weighted by molar-refractivity contribution is 8.01. The number of carbonyl (C=O) groups excluding carboxylic acids is 1. The van der Waals surface area contributed by atoms with E-state index < -0.39 is 6.10 Å². The van der Waals surface area contributed by atoms with Gasteiger partial charge in [-0.2, -0.15) is 0 Å². The molecule has 1 aromatic heterocycles. The number of thioether (sulfide) groups is 1. The molecule has 0 saturated carbocycles. The van der Waals surface area contributed by atoms with Crippen molar-refractivity contribution in [3.05, 3.63) is 35.6 Å². The Morgan fingerprint density at radius 1 is 1.52 bits per heavy atom. The molecular weight excluding hydrogens is 286 g/mol. The van der Waals surface area contributed by atoms with Gasteiger partial charge in [0, 0.05) is 18.0 Å². The van der Waals surface area contributed by atoms with Gasteiger partial charge < -0.3 is 14.8 Å². The van der Waals surface area contributed by atoms with Crippen molar-refractivity contribution in [3.63, 3.8) is 0 Å². The van der Waals surface area contributed by atoms with Crippen LogP contribution in [0.5, 0.6) is 0 Å². The third-order valence-corrected chi connectivity index (χ3v) is 4.05. The number of hydrogen-bond acceptors (Lipinski definition) is 4. The lowest BCUT2D eigenvalue weighted by molar-refractivity contribution is -0.117. The molecule has 0 aliphatic rings. The summed E-state index contributed by atoms with van der Waals surface area (Å²) in [4.78, 5) is 11.7. The minimum Gasteiger partial charge on any atom is -0.468 e. The lowest BCUT2D eigenvalue weighted by Gasteiger charge is -2.33. The summed E-state index contributed by atoms with van der Waals surface area (Å²) in [7, 11) is 0. The predicted octanol–water partition coefficient (Wildman–Crippen LogP) is 3.19. The van der Waals surface area contributed by atoms with Gasteiger partial charge in [0.15, 0.2) is 0 Å². The Morgan fingerprint density at radius 3 is 2.81 bits per heavy atom. The Hall–Kier alpha value is -1.20. The maximum absolute atomic E-state index is 11.7. The van der Waals surface area contributed by atoms with Crippen molar-refractivity contribution in [2.75, 3.05) is 6.54 Å². The van der Waals surface area contributed by atoms with Crippen molar-refractivity contribution in [1.29, 1.82) is 0 Å². The average molecular weight is 311 g/mol. The van der Waals surface area contributed by atoms with Gasteiger partial charge in [-0.25, -0.2) is 0 Å². The minimum atomic E-state index is -0.449. The fourth-order valence-electron chi connectivity index (χ4n) is 2.02. The number of aliphatic hydroxyl groups is 1. The number of rotatable bonds is 8. The van der Waals surface area contributed by atoms with Gasteiger partial charge in [0.1, 0.15) is 5.76 Å². The summed E-state index contributed by atoms with van der Waals surface area (Å²) >= 11 is 1.50. The molecule has 1 aromatic rings. The van der Waals surface area contributed by atoms with Crippen LogP contribution in [0.2, 0.25) is 0 Å². The van der Waals surface area contributed by atoms with E-state index in [1.54, 1.807) is 11.7 Å². The Kier molecular flexibility index (Phi) is 7.05. The van der Waals surface area contributed by atoms with E-state index in [-0.39, 0.29) is 17.2 Å². The SMILES string of the molecule is CC(C)C(O)C(C)(C)CNC(=O)/C=C/SCc1ccco1. The Balaban J connectivity index is 2.30. The molecule has 1 amide bonds. The Labute approximate surface area is 131 Å². The van der Waals surface area contributed by atoms with Gasteiger partial charge in [0.25, 0.3) is 0 Å². The van der Waals surface area contributed by atoms with Crippen molar-refractivity contribution in [2.24, 2.45) is 11.3 Å². The second-order valence-electron chi connectivity index (χ2n) is 6.09. The van der Waals surface area contributed by atoms with E-state index in [1.165, 1.54) is 17.8 Å². The zero-order chi connectivity index (χ0) is 15.9. The molecular formula is C16H25NO3S. The van der Waals surface area contributed by atoms with E-state index in [2.05, 4.69) is 5.32 Å². The monoisotopic (exact) mass is 311 g/mol. The van der Waals surface area contributed by atoms with Crippen molar-refractivity contribution in [1.82, 2.24) is 5.32 Å². The first-order chi connectivity index (χ1) is 9.83. The Bertz CT molecular complexity index is 452. The number of amides is 1. The maximum atomic E-state index is 11.7. The van der Waals surface area contributed by atoms with Crippen LogP contribution in [0.4, 0.5) is 0 Å². The number of nitrogens with one attached hydrogen (secondary N) is 1. The molecule has 5 heteroatoms. The van der Waals surface area contributed by atoms with Crippen molar-refractivity contribution in [3.8, 4) is 0 Å². The fraction of sp³-hybridized carbons (Fsp3) is 0.562. The standard InChI is InChI=1S/C16H25NO3S/c1-12(2)15(19)16(3,4)11-17-14(18)7-9-21-10-13-6-5-8-20-13/h5-9,12,15,19H,10-11H2,1-4H3,(H,17,18)/b9-7+. The highest BCUT2D eigenvalue weighted by Crippen LogP contribution is 2.25. The molecule has 0 aliphatic carbocycles. The van der Waals surface area contributed by atoms with Gasteiger partial charge in [-0.3, -0.25) is 4.79 Å². The molecule has 21 heavy (non-hydrogen) atoms. The van der Waals surface area contributed by atoms with Crippen LogP contribution in [0, 0.1) is 11.3 Å². The van der Waals surface area contributed by atoms with E-state index >= 15 is 0 Å². The molecule has 0 aliphatic heterocycles. The summed E-state index contributed by atoms with van der Waals surface area (Å²) in [5.74, 6) is 1.60. The van der Waals surface area contributed by atoms with Crippen LogP contribution in [0.3, 0.4) is 0 Å². The summed E-state index contributed by atoms with van der Waals surface area (Å²) in [6.45, 7) is 8.29. The first kappa shape index (κ1) is 17.9. The van der Waals surface area contributed by atoms with Gasteiger partial charge in [0.05, 0.1) is 18.1 Å². The van der Waals surface area contributed by atoms with Crippen LogP contribution in [0.25, 0.3) is 0 Å². The van der Waals surface area contributed by atoms with E-state index in [0.29, 0.717) is 12.3 Å². The first-order valence-electron chi connectivity index (χ1n) is 7.09. The predicted molar refractivity (Wildman–Crippen MR) is 86.8 cm³/mol. The molecule has 0 bridgehead atoms. The minimum absolute atomic E-state index is 0.147. The second kappa shape index (κ2) is 8.29. The van der Waals surface area contributed by atoms with Crippen molar-refractivity contribution < 1.29 is 14.3 Å². The topological polar surface area (TPSA) is 62.5 Å². The maximum Gasteiger partial charge on any atom is 0.244 e. The molecule has 0 spiro atoms. The molecule has 2 N–H and O–H groups in total. The molecule has 4 nitrogen and oxygen atoms in total. The van der Waals surface area contributed by atoms with Gasteiger partial charge in [-0.05, 0) is 23.5 Å². The third-order valence-electron chi connectivity index (χ3n) is 3.27. The van der Waals surface area contributed by atoms with E-state index in [1.807, 2.05) is 39.8 Å². The summed E-state index contributed by atoms with van der Waals surface area (Å²) in [5.41, 5.74) is -0.348. The molecule has 1 heterocycles. The second-order valence-corrected chi connectivity index (χ2v) is 6.98. The summed E-state index contributed by atoms with van der Waals surface area (Å²) in [6.07, 6.45) is 2.69. The first-order valence-corrected chi connectivity index (χ1v) is 8.14. The number of aliphatic hydroxyl groups excluding tert-OH is 1. The van der Waals surface area contributed by atoms with Gasteiger partial charge in [-0.15, -0.1) is 11.8 Å². The van der Waals surface area contributed by atoms with E-state index in [4.69, 9.17) is 4.42 Å². The molecule has 1 unspecified atom stereocenters. The van der Waals surface area contributed by atoms with Crippen LogP contribution in [-0.2, 0) is 10.5 Å². The fourth-order valence-corrected chi connectivity index (χ4v) is 2.66. The van der Waals surface area contributed by atoms with Gasteiger partial charge in [-0.1, -0.05) is 27.7 Å². The largest absolute Gasteiger partial charge is 0.468 e. The molecule has 0 radical (unpaired) electrons. The average Bonchev–Trinajstić information content (AvgIpc) is 2.93. The smallest absolute Gasteiger partial charge is 0.244 e. The molecule has 1 rings (SSSR count). The molecule has 118 valence electrons. The van der Waals surface area contributed by atoms with Crippen LogP contribution in [-0.4, -0.2) is 23.7 Å².